The fourth-order valence-corrected chi connectivity index (χ4v) is 4.78. The fourth-order valence-electron chi connectivity index (χ4n) is 3.71. The van der Waals surface area contributed by atoms with Gasteiger partial charge in [-0.2, -0.15) is 0 Å². The van der Waals surface area contributed by atoms with Crippen molar-refractivity contribution in [2.24, 2.45) is 0 Å². The van der Waals surface area contributed by atoms with Crippen LogP contribution >= 0.6 is 11.3 Å². The van der Waals surface area contributed by atoms with Crippen molar-refractivity contribution in [3.05, 3.63) is 67.3 Å². The minimum atomic E-state index is -0.738. The summed E-state index contributed by atoms with van der Waals surface area (Å²) in [6, 6.07) is 7.20. The van der Waals surface area contributed by atoms with E-state index in [1.54, 1.807) is 16.2 Å². The van der Waals surface area contributed by atoms with Gasteiger partial charge >= 0.3 is 0 Å². The summed E-state index contributed by atoms with van der Waals surface area (Å²) in [5.74, 6) is -0.456. The van der Waals surface area contributed by atoms with Crippen LogP contribution in [0.2, 0.25) is 0 Å². The van der Waals surface area contributed by atoms with Crippen molar-refractivity contribution in [3.8, 4) is 0 Å². The number of carbonyl (C=O) groups excluding carboxylic acids is 1. The summed E-state index contributed by atoms with van der Waals surface area (Å²) in [7, 11) is 0. The number of hydrogen-bond acceptors (Lipinski definition) is 8. The number of piperazine rings is 1. The molecule has 11 heteroatoms. The van der Waals surface area contributed by atoms with Crippen LogP contribution in [0.15, 0.2) is 30.3 Å². The second-order valence-corrected chi connectivity index (χ2v) is 8.44. The molecular weight excluding hydrogens is 422 g/mol. The van der Waals surface area contributed by atoms with Crippen LogP contribution < -0.4 is 4.90 Å². The Hall–Kier alpha value is -3.60. The standard InChI is InChI=1S/C20H19N5O5S/c1-12-7-13(2)18-17(8-12)21-20(31-18)23-5-3-22(4-6-23)19(26)14-9-15(24(27)28)11-16(10-14)25(29)30/h7-11H,3-6H2,1-2H3. The third kappa shape index (κ3) is 4.04. The highest BCUT2D eigenvalue weighted by molar-refractivity contribution is 7.22. The largest absolute Gasteiger partial charge is 0.345 e. The molecule has 0 saturated carbocycles. The molecule has 2 heterocycles. The summed E-state index contributed by atoms with van der Waals surface area (Å²) < 4.78 is 1.14. The molecule has 0 unspecified atom stereocenters. The van der Waals surface area contributed by atoms with E-state index in [2.05, 4.69) is 24.0 Å². The van der Waals surface area contributed by atoms with E-state index in [-0.39, 0.29) is 5.56 Å². The van der Waals surface area contributed by atoms with Gasteiger partial charge in [0.25, 0.3) is 17.3 Å². The molecule has 0 spiro atoms. The summed E-state index contributed by atoms with van der Waals surface area (Å²) in [5, 5.41) is 23.1. The highest BCUT2D eigenvalue weighted by atomic mass is 32.1. The fraction of sp³-hybridized carbons (Fsp3) is 0.300. The first-order chi connectivity index (χ1) is 14.7. The van der Waals surface area contributed by atoms with Gasteiger partial charge in [-0.25, -0.2) is 4.98 Å². The second kappa shape index (κ2) is 7.91. The molecule has 10 nitrogen and oxygen atoms in total. The molecule has 0 radical (unpaired) electrons. The van der Waals surface area contributed by atoms with Gasteiger partial charge in [0.05, 0.1) is 31.7 Å². The van der Waals surface area contributed by atoms with Crippen molar-refractivity contribution in [3.63, 3.8) is 0 Å². The Bertz CT molecular complexity index is 1180. The van der Waals surface area contributed by atoms with Crippen molar-refractivity contribution in [1.29, 1.82) is 0 Å². The van der Waals surface area contributed by atoms with E-state index < -0.39 is 27.1 Å². The summed E-state index contributed by atoms with van der Waals surface area (Å²) in [6.45, 7) is 5.99. The van der Waals surface area contributed by atoms with Gasteiger partial charge in [0, 0.05) is 38.3 Å². The zero-order chi connectivity index (χ0) is 22.3. The van der Waals surface area contributed by atoms with Gasteiger partial charge in [0.2, 0.25) is 0 Å². The molecule has 0 bridgehead atoms. The SMILES string of the molecule is Cc1cc(C)c2sc(N3CCN(C(=O)c4cc([N+](=O)[O-])cc([N+](=O)[O-])c4)CC3)nc2c1. The van der Waals surface area contributed by atoms with Crippen LogP contribution in [-0.2, 0) is 0 Å². The predicted octanol–water partition coefficient (Wildman–Crippen LogP) is 3.69. The number of nitrogens with zero attached hydrogens (tertiary/aromatic N) is 5. The molecule has 0 atom stereocenters. The molecule has 1 fully saturated rings. The first kappa shape index (κ1) is 20.7. The van der Waals surface area contributed by atoms with Gasteiger partial charge in [-0.15, -0.1) is 0 Å². The van der Waals surface area contributed by atoms with Gasteiger partial charge in [0.1, 0.15) is 0 Å². The van der Waals surface area contributed by atoms with Crippen LogP contribution in [0.3, 0.4) is 0 Å². The van der Waals surface area contributed by atoms with E-state index >= 15 is 0 Å². The number of rotatable bonds is 4. The van der Waals surface area contributed by atoms with Crippen LogP contribution in [0.5, 0.6) is 0 Å². The summed E-state index contributed by atoms with van der Waals surface area (Å²) >= 11 is 1.62. The van der Waals surface area contributed by atoms with Crippen LogP contribution in [0.4, 0.5) is 16.5 Å². The van der Waals surface area contributed by atoms with E-state index in [0.29, 0.717) is 26.2 Å². The molecule has 1 aliphatic heterocycles. The first-order valence-electron chi connectivity index (χ1n) is 9.59. The Kier molecular flexibility index (Phi) is 5.27. The third-order valence-electron chi connectivity index (χ3n) is 5.22. The number of hydrogen-bond donors (Lipinski definition) is 0. The number of carbonyl (C=O) groups is 1. The van der Waals surface area contributed by atoms with E-state index in [1.165, 1.54) is 5.56 Å². The van der Waals surface area contributed by atoms with E-state index in [1.807, 2.05) is 6.92 Å². The minimum absolute atomic E-state index is 0.0552. The van der Waals surface area contributed by atoms with E-state index in [0.717, 1.165) is 39.1 Å². The van der Waals surface area contributed by atoms with Crippen molar-refractivity contribution >= 4 is 44.0 Å². The average molecular weight is 441 g/mol. The number of nitro groups is 2. The molecule has 3 aromatic rings. The zero-order valence-electron chi connectivity index (χ0n) is 16.9. The number of anilines is 1. The molecule has 1 amide bonds. The Balaban J connectivity index is 1.51. The number of aromatic nitrogens is 1. The average Bonchev–Trinajstić information content (AvgIpc) is 3.17. The van der Waals surface area contributed by atoms with Gasteiger partial charge in [-0.1, -0.05) is 17.4 Å². The number of nitro benzene ring substituents is 2. The lowest BCUT2D eigenvalue weighted by atomic mass is 10.1. The normalized spacial score (nSPS) is 14.1. The highest BCUT2D eigenvalue weighted by Gasteiger charge is 2.27. The lowest BCUT2D eigenvalue weighted by molar-refractivity contribution is -0.394. The Morgan fingerprint density at radius 3 is 2.16 bits per heavy atom. The van der Waals surface area contributed by atoms with Gasteiger partial charge < -0.3 is 9.80 Å². The smallest absolute Gasteiger partial charge is 0.277 e. The molecule has 1 saturated heterocycles. The molecule has 160 valence electrons. The molecule has 0 N–H and O–H groups in total. The third-order valence-corrected chi connectivity index (χ3v) is 6.48. The summed E-state index contributed by atoms with van der Waals surface area (Å²) in [6.07, 6.45) is 0. The number of benzene rings is 2. The predicted molar refractivity (Wildman–Crippen MR) is 117 cm³/mol. The maximum atomic E-state index is 12.9. The molecule has 2 aromatic carbocycles. The van der Waals surface area contributed by atoms with Crippen molar-refractivity contribution in [2.45, 2.75) is 13.8 Å². The molecule has 4 rings (SSSR count). The summed E-state index contributed by atoms with van der Waals surface area (Å²) in [4.78, 5) is 42.0. The Labute approximate surface area is 181 Å². The number of non-ortho nitro benzene ring substituents is 2. The molecule has 0 aliphatic carbocycles. The van der Waals surface area contributed by atoms with Crippen molar-refractivity contribution < 1.29 is 14.6 Å². The van der Waals surface area contributed by atoms with E-state index in [9.17, 15) is 25.0 Å². The molecule has 31 heavy (non-hydrogen) atoms. The number of thiazole rings is 1. The van der Waals surface area contributed by atoms with Crippen LogP contribution in [0.1, 0.15) is 21.5 Å². The summed E-state index contributed by atoms with van der Waals surface area (Å²) in [5.41, 5.74) is 2.29. The molecular formula is C20H19N5O5S. The lowest BCUT2D eigenvalue weighted by Gasteiger charge is -2.34. The van der Waals surface area contributed by atoms with Crippen LogP contribution in [-0.4, -0.2) is 51.8 Å². The monoisotopic (exact) mass is 441 g/mol. The number of aryl methyl sites for hydroxylation is 2. The Morgan fingerprint density at radius 1 is 0.968 bits per heavy atom. The topological polar surface area (TPSA) is 123 Å². The Morgan fingerprint density at radius 2 is 1.58 bits per heavy atom. The van der Waals surface area contributed by atoms with Gasteiger partial charge in [0.15, 0.2) is 5.13 Å². The van der Waals surface area contributed by atoms with Crippen LogP contribution in [0, 0.1) is 34.1 Å². The maximum absolute atomic E-state index is 12.9. The zero-order valence-corrected chi connectivity index (χ0v) is 17.7. The molecule has 1 aromatic heterocycles. The minimum Gasteiger partial charge on any atom is -0.345 e. The second-order valence-electron chi connectivity index (χ2n) is 7.46. The lowest BCUT2D eigenvalue weighted by Crippen LogP contribution is -2.48. The van der Waals surface area contributed by atoms with Gasteiger partial charge in [-0.3, -0.25) is 25.0 Å². The van der Waals surface area contributed by atoms with Gasteiger partial charge in [-0.05, 0) is 31.0 Å². The van der Waals surface area contributed by atoms with E-state index in [4.69, 9.17) is 4.98 Å². The maximum Gasteiger partial charge on any atom is 0.277 e. The van der Waals surface area contributed by atoms with Crippen LogP contribution in [0.25, 0.3) is 10.2 Å². The quantitative estimate of drug-likeness (QED) is 0.447. The van der Waals surface area contributed by atoms with Crippen molar-refractivity contribution in [1.82, 2.24) is 9.88 Å². The van der Waals surface area contributed by atoms with Crippen molar-refractivity contribution in [2.75, 3.05) is 31.1 Å². The molecule has 1 aliphatic rings. The first-order valence-corrected chi connectivity index (χ1v) is 10.4. The number of fused-ring (bicyclic) bond motifs is 1. The highest BCUT2D eigenvalue weighted by Crippen LogP contribution is 2.32. The number of amides is 1.